The molecule has 0 aromatic carbocycles. The predicted octanol–water partition coefficient (Wildman–Crippen LogP) is 2.08. The van der Waals surface area contributed by atoms with Crippen molar-refractivity contribution in [2.45, 2.75) is 46.6 Å². The summed E-state index contributed by atoms with van der Waals surface area (Å²) in [6.45, 7) is 7.78. The van der Waals surface area contributed by atoms with Crippen molar-refractivity contribution in [3.8, 4) is 11.8 Å². The zero-order chi connectivity index (χ0) is 11.6. The fourth-order valence-corrected chi connectivity index (χ4v) is 2.00. The second-order valence-electron chi connectivity index (χ2n) is 4.62. The van der Waals surface area contributed by atoms with E-state index in [-0.39, 0.29) is 11.2 Å². The van der Waals surface area contributed by atoms with E-state index in [1.165, 1.54) is 0 Å². The van der Waals surface area contributed by atoms with Gasteiger partial charge in [-0.3, -0.25) is 4.79 Å². The standard InChI is InChI=1S/C13H18O2/c1-5-6-7-10-9(2)12(15)11(14)8-13(10,3)4/h11,14H,5,8H2,1-4H3. The van der Waals surface area contributed by atoms with Gasteiger partial charge in [0.2, 0.25) is 0 Å². The molecule has 1 aliphatic carbocycles. The lowest BCUT2D eigenvalue weighted by Crippen LogP contribution is -2.35. The third-order valence-corrected chi connectivity index (χ3v) is 2.82. The Morgan fingerprint density at radius 1 is 1.53 bits per heavy atom. The molecule has 0 fully saturated rings. The van der Waals surface area contributed by atoms with E-state index < -0.39 is 6.10 Å². The van der Waals surface area contributed by atoms with Crippen molar-refractivity contribution in [3.05, 3.63) is 11.1 Å². The highest BCUT2D eigenvalue weighted by atomic mass is 16.3. The molecule has 1 aliphatic rings. The molecule has 0 amide bonds. The number of ketones is 1. The van der Waals surface area contributed by atoms with Crippen molar-refractivity contribution in [2.75, 3.05) is 0 Å². The first-order valence-corrected chi connectivity index (χ1v) is 5.32. The van der Waals surface area contributed by atoms with E-state index >= 15 is 0 Å². The highest BCUT2D eigenvalue weighted by molar-refractivity contribution is 6.00. The molecule has 0 heterocycles. The van der Waals surface area contributed by atoms with Crippen LogP contribution in [0.4, 0.5) is 0 Å². The van der Waals surface area contributed by atoms with Crippen molar-refractivity contribution in [3.63, 3.8) is 0 Å². The van der Waals surface area contributed by atoms with E-state index in [9.17, 15) is 9.90 Å². The van der Waals surface area contributed by atoms with Crippen LogP contribution >= 0.6 is 0 Å². The highest BCUT2D eigenvalue weighted by Crippen LogP contribution is 2.38. The van der Waals surface area contributed by atoms with Gasteiger partial charge in [-0.1, -0.05) is 32.6 Å². The van der Waals surface area contributed by atoms with Crippen LogP contribution in [0.15, 0.2) is 11.1 Å². The predicted molar refractivity (Wildman–Crippen MR) is 60.2 cm³/mol. The van der Waals surface area contributed by atoms with Gasteiger partial charge in [-0.15, -0.1) is 0 Å². The van der Waals surface area contributed by atoms with Gasteiger partial charge in [0, 0.05) is 23.0 Å². The van der Waals surface area contributed by atoms with E-state index in [1.807, 2.05) is 20.8 Å². The summed E-state index contributed by atoms with van der Waals surface area (Å²) in [6, 6.07) is 0. The van der Waals surface area contributed by atoms with E-state index in [2.05, 4.69) is 11.8 Å². The second-order valence-corrected chi connectivity index (χ2v) is 4.62. The Kier molecular flexibility index (Phi) is 3.36. The summed E-state index contributed by atoms with van der Waals surface area (Å²) in [4.78, 5) is 11.6. The lowest BCUT2D eigenvalue weighted by Gasteiger charge is -2.33. The number of aliphatic hydroxyl groups excluding tert-OH is 1. The molecule has 0 aliphatic heterocycles. The normalized spacial score (nSPS) is 24.9. The maximum atomic E-state index is 11.6. The molecule has 82 valence electrons. The first-order chi connectivity index (χ1) is 6.90. The summed E-state index contributed by atoms with van der Waals surface area (Å²) >= 11 is 0. The minimum Gasteiger partial charge on any atom is -0.385 e. The molecule has 1 rings (SSSR count). The van der Waals surface area contributed by atoms with Crippen LogP contribution in [-0.4, -0.2) is 17.0 Å². The molecule has 1 unspecified atom stereocenters. The first-order valence-electron chi connectivity index (χ1n) is 5.32. The van der Waals surface area contributed by atoms with Crippen molar-refractivity contribution >= 4 is 5.78 Å². The van der Waals surface area contributed by atoms with Crippen LogP contribution in [0.25, 0.3) is 0 Å². The van der Waals surface area contributed by atoms with Crippen molar-refractivity contribution in [2.24, 2.45) is 5.41 Å². The molecule has 2 nitrogen and oxygen atoms in total. The fraction of sp³-hybridized carbons (Fsp3) is 0.615. The second kappa shape index (κ2) is 4.20. The van der Waals surface area contributed by atoms with E-state index in [1.54, 1.807) is 6.92 Å². The monoisotopic (exact) mass is 206 g/mol. The van der Waals surface area contributed by atoms with Gasteiger partial charge in [0.25, 0.3) is 0 Å². The SMILES string of the molecule is CCC#CC1=C(C)C(=O)C(O)CC1(C)C. The average Bonchev–Trinajstić information content (AvgIpc) is 2.14. The molecule has 0 saturated carbocycles. The molecule has 1 N–H and O–H groups in total. The zero-order valence-electron chi connectivity index (χ0n) is 9.85. The van der Waals surface area contributed by atoms with Crippen LogP contribution in [0.5, 0.6) is 0 Å². The zero-order valence-corrected chi connectivity index (χ0v) is 9.85. The lowest BCUT2D eigenvalue weighted by molar-refractivity contribution is -0.125. The van der Waals surface area contributed by atoms with E-state index in [4.69, 9.17) is 0 Å². The van der Waals surface area contributed by atoms with E-state index in [0.29, 0.717) is 12.0 Å². The molecule has 0 aromatic heterocycles. The van der Waals surface area contributed by atoms with Gasteiger partial charge in [-0.25, -0.2) is 0 Å². The Hall–Kier alpha value is -1.07. The molecule has 1 atom stereocenters. The molecule has 0 aromatic rings. The molecule has 0 radical (unpaired) electrons. The quantitative estimate of drug-likeness (QED) is 0.616. The minimum atomic E-state index is -0.854. The molecule has 0 bridgehead atoms. The lowest BCUT2D eigenvalue weighted by atomic mass is 9.71. The van der Waals surface area contributed by atoms with Crippen molar-refractivity contribution in [1.82, 2.24) is 0 Å². The maximum Gasteiger partial charge on any atom is 0.187 e. The highest BCUT2D eigenvalue weighted by Gasteiger charge is 2.37. The summed E-state index contributed by atoms with van der Waals surface area (Å²) in [5, 5.41) is 9.60. The Bertz CT molecular complexity index is 364. The molecule has 0 saturated heterocycles. The van der Waals surface area contributed by atoms with Crippen molar-refractivity contribution in [1.29, 1.82) is 0 Å². The Labute approximate surface area is 91.4 Å². The Balaban J connectivity index is 3.22. The van der Waals surface area contributed by atoms with Crippen LogP contribution < -0.4 is 0 Å². The maximum absolute atomic E-state index is 11.6. The number of aliphatic hydroxyl groups is 1. The summed E-state index contributed by atoms with van der Waals surface area (Å²) in [6.07, 6.45) is 0.396. The number of hydrogen-bond acceptors (Lipinski definition) is 2. The number of carbonyl (C=O) groups is 1. The fourth-order valence-electron chi connectivity index (χ4n) is 2.00. The largest absolute Gasteiger partial charge is 0.385 e. The molecule has 15 heavy (non-hydrogen) atoms. The van der Waals surface area contributed by atoms with E-state index in [0.717, 1.165) is 12.0 Å². The number of Topliss-reactive ketones (excluding diaryl/α,β-unsaturated/α-hetero) is 1. The van der Waals surface area contributed by atoms with Gasteiger partial charge < -0.3 is 5.11 Å². The molecular weight excluding hydrogens is 188 g/mol. The molecule has 2 heteroatoms. The first kappa shape index (κ1) is 12.0. The van der Waals surface area contributed by atoms with Gasteiger partial charge in [0.1, 0.15) is 6.10 Å². The van der Waals surface area contributed by atoms with Crippen LogP contribution in [0, 0.1) is 17.3 Å². The Morgan fingerprint density at radius 3 is 2.67 bits per heavy atom. The van der Waals surface area contributed by atoms with Gasteiger partial charge in [0.05, 0.1) is 0 Å². The van der Waals surface area contributed by atoms with Gasteiger partial charge in [-0.2, -0.15) is 0 Å². The minimum absolute atomic E-state index is 0.172. The smallest absolute Gasteiger partial charge is 0.187 e. The van der Waals surface area contributed by atoms with Crippen LogP contribution in [0.1, 0.15) is 40.5 Å². The number of hydrogen-bond donors (Lipinski definition) is 1. The van der Waals surface area contributed by atoms with Crippen LogP contribution in [0.3, 0.4) is 0 Å². The third kappa shape index (κ3) is 2.30. The number of allylic oxidation sites excluding steroid dienone is 1. The summed E-state index contributed by atoms with van der Waals surface area (Å²) in [5.41, 5.74) is 1.32. The topological polar surface area (TPSA) is 37.3 Å². The van der Waals surface area contributed by atoms with Crippen LogP contribution in [0.2, 0.25) is 0 Å². The Morgan fingerprint density at radius 2 is 2.13 bits per heavy atom. The third-order valence-electron chi connectivity index (χ3n) is 2.82. The van der Waals surface area contributed by atoms with Gasteiger partial charge in [-0.05, 0) is 13.3 Å². The summed E-state index contributed by atoms with van der Waals surface area (Å²) in [7, 11) is 0. The van der Waals surface area contributed by atoms with Gasteiger partial charge >= 0.3 is 0 Å². The van der Waals surface area contributed by atoms with Crippen molar-refractivity contribution < 1.29 is 9.90 Å². The van der Waals surface area contributed by atoms with Crippen LogP contribution in [-0.2, 0) is 4.79 Å². The molecule has 0 spiro atoms. The summed E-state index contributed by atoms with van der Waals surface area (Å²) in [5.74, 6) is 5.89. The number of rotatable bonds is 0. The van der Waals surface area contributed by atoms with Gasteiger partial charge in [0.15, 0.2) is 5.78 Å². The average molecular weight is 206 g/mol. The number of carbonyl (C=O) groups excluding carboxylic acids is 1. The summed E-state index contributed by atoms with van der Waals surface area (Å²) < 4.78 is 0. The molecular formula is C13H18O2.